The van der Waals surface area contributed by atoms with Crippen molar-refractivity contribution >= 4 is 41.2 Å². The van der Waals surface area contributed by atoms with E-state index in [4.69, 9.17) is 10.5 Å². The number of nitrogens with one attached hydrogen (secondary N) is 4. The van der Waals surface area contributed by atoms with Crippen LogP contribution in [0.3, 0.4) is 0 Å². The number of carbonyl (C=O) groups is 6. The van der Waals surface area contributed by atoms with E-state index in [2.05, 4.69) is 21.3 Å². The molecule has 2 atom stereocenters. The van der Waals surface area contributed by atoms with E-state index in [-0.39, 0.29) is 50.0 Å². The van der Waals surface area contributed by atoms with Crippen molar-refractivity contribution in [1.29, 1.82) is 0 Å². The molecule has 0 saturated carbocycles. The van der Waals surface area contributed by atoms with Gasteiger partial charge in [-0.05, 0) is 49.8 Å². The number of primary amides is 1. The highest BCUT2D eigenvalue weighted by atomic mass is 16.5. The molecule has 238 valence electrons. The third-order valence-electron chi connectivity index (χ3n) is 5.46. The van der Waals surface area contributed by atoms with E-state index in [1.807, 2.05) is 27.7 Å². The van der Waals surface area contributed by atoms with Crippen LogP contribution >= 0.6 is 0 Å². The summed E-state index contributed by atoms with van der Waals surface area (Å²) in [4.78, 5) is 71.5. The SMILES string of the molecule is CC.CC.CC(=O)CCCC(=O)NC(C(=O)N[C@@H](CCCNC(N)=O)C(=O)Nc1ccc(COC(C)=O)cc1)C(C)C. The Labute approximate surface area is 250 Å². The van der Waals surface area contributed by atoms with Crippen molar-refractivity contribution in [3.8, 4) is 0 Å². The lowest BCUT2D eigenvalue weighted by molar-refractivity contribution is -0.142. The zero-order valence-corrected chi connectivity index (χ0v) is 26.4. The van der Waals surface area contributed by atoms with E-state index < -0.39 is 35.9 Å². The second-order valence-corrected chi connectivity index (χ2v) is 9.31. The molecular weight excluding hydrogens is 542 g/mol. The van der Waals surface area contributed by atoms with Crippen molar-refractivity contribution in [3.05, 3.63) is 29.8 Å². The van der Waals surface area contributed by atoms with Crippen molar-refractivity contribution in [3.63, 3.8) is 0 Å². The lowest BCUT2D eigenvalue weighted by atomic mass is 10.0. The van der Waals surface area contributed by atoms with Gasteiger partial charge < -0.3 is 36.5 Å². The number of hydrogen-bond donors (Lipinski definition) is 5. The summed E-state index contributed by atoms with van der Waals surface area (Å²) in [5.41, 5.74) is 6.29. The number of benzene rings is 1. The van der Waals surface area contributed by atoms with Crippen molar-refractivity contribution in [2.24, 2.45) is 11.7 Å². The second-order valence-electron chi connectivity index (χ2n) is 9.31. The summed E-state index contributed by atoms with van der Waals surface area (Å²) in [7, 11) is 0. The Morgan fingerprint density at radius 2 is 1.43 bits per heavy atom. The summed E-state index contributed by atoms with van der Waals surface area (Å²) in [6.07, 6.45) is 1.31. The molecule has 0 aliphatic heterocycles. The van der Waals surface area contributed by atoms with Gasteiger partial charge in [-0.15, -0.1) is 0 Å². The number of esters is 1. The first-order valence-corrected chi connectivity index (χ1v) is 14.5. The molecule has 6 N–H and O–H groups in total. The van der Waals surface area contributed by atoms with Crippen LogP contribution in [-0.4, -0.2) is 54.1 Å². The molecule has 0 spiro atoms. The van der Waals surface area contributed by atoms with Gasteiger partial charge in [-0.1, -0.05) is 53.7 Å². The standard InChI is InChI=1S/C26H39N5O7.2C2H6/c1-16(2)23(31-22(34)9-5-7-17(3)32)25(36)30-21(8-6-14-28-26(27)37)24(35)29-20-12-10-19(11-13-20)15-38-18(4)33;2*1-2/h10-13,16,21,23H,5-9,14-15H2,1-4H3,(H,29,35)(H,30,36)(H,31,34)(H3,27,28,37);2*1-2H3/t21-,23?;;/m0../s1. The Morgan fingerprint density at radius 3 is 1.93 bits per heavy atom. The summed E-state index contributed by atoms with van der Waals surface area (Å²) < 4.78 is 4.95. The molecule has 0 bridgehead atoms. The zero-order valence-electron chi connectivity index (χ0n) is 26.4. The van der Waals surface area contributed by atoms with E-state index in [0.29, 0.717) is 18.5 Å². The molecule has 0 fully saturated rings. The molecule has 42 heavy (non-hydrogen) atoms. The highest BCUT2D eigenvalue weighted by Crippen LogP contribution is 2.13. The number of urea groups is 1. The lowest BCUT2D eigenvalue weighted by Gasteiger charge is -2.25. The quantitative estimate of drug-likeness (QED) is 0.143. The van der Waals surface area contributed by atoms with E-state index in [9.17, 15) is 28.8 Å². The fraction of sp³-hybridized carbons (Fsp3) is 0.600. The molecule has 0 heterocycles. The minimum Gasteiger partial charge on any atom is -0.461 e. The van der Waals surface area contributed by atoms with Gasteiger partial charge in [0.25, 0.3) is 0 Å². The first-order valence-electron chi connectivity index (χ1n) is 14.5. The molecule has 0 radical (unpaired) electrons. The Kier molecular flexibility index (Phi) is 22.7. The summed E-state index contributed by atoms with van der Waals surface area (Å²) in [6.45, 7) is 14.6. The van der Waals surface area contributed by atoms with Crippen molar-refractivity contribution < 1.29 is 33.5 Å². The highest BCUT2D eigenvalue weighted by Gasteiger charge is 2.28. The van der Waals surface area contributed by atoms with Crippen LogP contribution in [0, 0.1) is 5.92 Å². The first-order chi connectivity index (χ1) is 19.9. The third-order valence-corrected chi connectivity index (χ3v) is 5.46. The number of rotatable bonds is 16. The van der Waals surface area contributed by atoms with Crippen LogP contribution in [0.4, 0.5) is 10.5 Å². The molecule has 12 heteroatoms. The number of Topliss-reactive ketones (excluding diaryl/α,β-unsaturated/α-hetero) is 1. The van der Waals surface area contributed by atoms with Gasteiger partial charge in [-0.2, -0.15) is 0 Å². The maximum atomic E-state index is 13.1. The summed E-state index contributed by atoms with van der Waals surface area (Å²) in [5, 5.41) is 10.6. The predicted molar refractivity (Wildman–Crippen MR) is 163 cm³/mol. The fourth-order valence-corrected chi connectivity index (χ4v) is 3.43. The van der Waals surface area contributed by atoms with Crippen LogP contribution in [0.1, 0.15) is 93.1 Å². The average Bonchev–Trinajstić information content (AvgIpc) is 2.94. The van der Waals surface area contributed by atoms with Crippen molar-refractivity contribution in [2.45, 2.75) is 106 Å². The maximum absolute atomic E-state index is 13.1. The molecule has 1 aromatic rings. The number of anilines is 1. The topological polar surface area (TPSA) is 186 Å². The maximum Gasteiger partial charge on any atom is 0.312 e. The second kappa shape index (κ2) is 23.7. The van der Waals surface area contributed by atoms with E-state index in [0.717, 1.165) is 5.56 Å². The number of amides is 5. The van der Waals surface area contributed by atoms with Crippen LogP contribution in [0.5, 0.6) is 0 Å². The van der Waals surface area contributed by atoms with E-state index >= 15 is 0 Å². The average molecular weight is 594 g/mol. The van der Waals surface area contributed by atoms with Crippen molar-refractivity contribution in [2.75, 3.05) is 11.9 Å². The van der Waals surface area contributed by atoms with Crippen LogP contribution in [0.2, 0.25) is 0 Å². The monoisotopic (exact) mass is 593 g/mol. The number of nitrogens with two attached hydrogens (primary N) is 1. The number of ether oxygens (including phenoxy) is 1. The smallest absolute Gasteiger partial charge is 0.312 e. The van der Waals surface area contributed by atoms with Gasteiger partial charge >= 0.3 is 12.0 Å². The van der Waals surface area contributed by atoms with Gasteiger partial charge in [0.2, 0.25) is 17.7 Å². The molecule has 1 unspecified atom stereocenters. The molecule has 0 aromatic heterocycles. The summed E-state index contributed by atoms with van der Waals surface area (Å²) >= 11 is 0. The number of ketones is 1. The highest BCUT2D eigenvalue weighted by molar-refractivity contribution is 5.98. The van der Waals surface area contributed by atoms with Gasteiger partial charge in [-0.3, -0.25) is 19.2 Å². The number of hydrogen-bond acceptors (Lipinski definition) is 7. The Balaban J connectivity index is 0. The fourth-order valence-electron chi connectivity index (χ4n) is 3.43. The minimum absolute atomic E-state index is 0.0188. The predicted octanol–water partition coefficient (Wildman–Crippen LogP) is 3.57. The molecule has 5 amide bonds. The molecule has 0 aliphatic rings. The van der Waals surface area contributed by atoms with Gasteiger partial charge in [0.05, 0.1) is 0 Å². The summed E-state index contributed by atoms with van der Waals surface area (Å²) in [5.74, 6) is -2.06. The molecule has 1 aromatic carbocycles. The van der Waals surface area contributed by atoms with Gasteiger partial charge in [-0.25, -0.2) is 4.79 Å². The van der Waals surface area contributed by atoms with Gasteiger partial charge in [0.1, 0.15) is 24.5 Å². The number of carbonyl (C=O) groups excluding carboxylic acids is 6. The normalized spacial score (nSPS) is 11.3. The molecule has 12 nitrogen and oxygen atoms in total. The van der Waals surface area contributed by atoms with Crippen LogP contribution in [-0.2, 0) is 35.3 Å². The van der Waals surface area contributed by atoms with Crippen LogP contribution in [0.25, 0.3) is 0 Å². The van der Waals surface area contributed by atoms with E-state index in [1.54, 1.807) is 38.1 Å². The Morgan fingerprint density at radius 1 is 0.833 bits per heavy atom. The van der Waals surface area contributed by atoms with Gasteiger partial charge in [0.15, 0.2) is 0 Å². The minimum atomic E-state index is -0.964. The summed E-state index contributed by atoms with van der Waals surface area (Å²) in [6, 6.07) is 4.12. The Hall–Kier alpha value is -3.96. The zero-order chi connectivity index (χ0) is 32.7. The molecular formula is C30H51N5O7. The molecule has 1 rings (SSSR count). The van der Waals surface area contributed by atoms with Crippen LogP contribution in [0.15, 0.2) is 24.3 Å². The van der Waals surface area contributed by atoms with E-state index in [1.165, 1.54) is 13.8 Å². The van der Waals surface area contributed by atoms with Crippen molar-refractivity contribution in [1.82, 2.24) is 16.0 Å². The third kappa shape index (κ3) is 19.2. The molecule has 0 saturated heterocycles. The Bertz CT molecular complexity index is 981. The largest absolute Gasteiger partial charge is 0.461 e. The van der Waals surface area contributed by atoms with Gasteiger partial charge in [0, 0.05) is 32.0 Å². The molecule has 0 aliphatic carbocycles. The van der Waals surface area contributed by atoms with Crippen LogP contribution < -0.4 is 27.0 Å². The lowest BCUT2D eigenvalue weighted by Crippen LogP contribution is -2.54. The first kappa shape index (κ1) is 40.2.